The van der Waals surface area contributed by atoms with Crippen molar-refractivity contribution < 1.29 is 0 Å². The van der Waals surface area contributed by atoms with Gasteiger partial charge in [-0.25, -0.2) is 15.0 Å². The minimum Gasteiger partial charge on any atom is -0.208 e. The molecule has 0 spiro atoms. The number of aryl methyl sites for hydroxylation is 2. The molecule has 6 aromatic carbocycles. The maximum absolute atomic E-state index is 5.08. The Hall–Kier alpha value is -5.32. The van der Waals surface area contributed by atoms with Crippen molar-refractivity contribution in [3.05, 3.63) is 163 Å². The summed E-state index contributed by atoms with van der Waals surface area (Å²) in [6.07, 6.45) is 0. The molecule has 0 fully saturated rings. The first-order chi connectivity index (χ1) is 22.1. The van der Waals surface area contributed by atoms with Crippen LogP contribution in [0.1, 0.15) is 11.1 Å². The molecule has 4 heteroatoms. The third kappa shape index (κ3) is 4.57. The Balaban J connectivity index is 1.41. The summed E-state index contributed by atoms with van der Waals surface area (Å²) in [5, 5.41) is 0. The van der Waals surface area contributed by atoms with E-state index in [1.807, 2.05) is 36.4 Å². The average molecular weight is 598 g/mol. The van der Waals surface area contributed by atoms with Gasteiger partial charge in [0.1, 0.15) is 0 Å². The van der Waals surface area contributed by atoms with Gasteiger partial charge in [-0.1, -0.05) is 126 Å². The van der Waals surface area contributed by atoms with Gasteiger partial charge in [0.05, 0.1) is 0 Å². The first kappa shape index (κ1) is 27.2. The van der Waals surface area contributed by atoms with Crippen molar-refractivity contribution in [2.75, 3.05) is 0 Å². The number of rotatable bonds is 5. The van der Waals surface area contributed by atoms with Crippen LogP contribution in [0, 0.1) is 13.8 Å². The number of benzene rings is 6. The fraction of sp³-hybridized carbons (Fsp3) is 0.0488. The highest BCUT2D eigenvalue weighted by atomic mass is 32.3. The number of nitrogens with zero attached hydrogens (tertiary/aromatic N) is 3. The summed E-state index contributed by atoms with van der Waals surface area (Å²) < 4.78 is 0. The zero-order valence-corrected chi connectivity index (χ0v) is 26.0. The molecule has 0 N–H and O–H groups in total. The number of aromatic nitrogens is 3. The largest absolute Gasteiger partial charge is 0.208 e. The van der Waals surface area contributed by atoms with E-state index < -0.39 is 10.0 Å². The minimum absolute atomic E-state index is 0.666. The molecule has 0 atom stereocenters. The Morgan fingerprint density at radius 3 is 1.36 bits per heavy atom. The molecule has 45 heavy (non-hydrogen) atoms. The highest BCUT2D eigenvalue weighted by Gasteiger charge is 2.42. The second-order valence-corrected chi connectivity index (χ2v) is 14.5. The van der Waals surface area contributed by atoms with Crippen LogP contribution < -0.4 is 0 Å². The lowest BCUT2D eigenvalue weighted by molar-refractivity contribution is 1.07. The van der Waals surface area contributed by atoms with Gasteiger partial charge in [0, 0.05) is 36.3 Å². The lowest BCUT2D eigenvalue weighted by Gasteiger charge is -2.39. The molecule has 0 saturated carbocycles. The fourth-order valence-corrected chi connectivity index (χ4v) is 10.5. The Morgan fingerprint density at radius 2 is 0.822 bits per heavy atom. The first-order valence-corrected chi connectivity index (χ1v) is 16.8. The minimum atomic E-state index is -1.80. The van der Waals surface area contributed by atoms with E-state index in [0.29, 0.717) is 17.5 Å². The summed E-state index contributed by atoms with van der Waals surface area (Å²) in [4.78, 5) is 20.4. The third-order valence-corrected chi connectivity index (χ3v) is 12.5. The van der Waals surface area contributed by atoms with E-state index in [0.717, 1.165) is 16.7 Å². The number of fused-ring (bicyclic) bond motifs is 3. The highest BCUT2D eigenvalue weighted by molar-refractivity contribution is 8.34. The summed E-state index contributed by atoms with van der Waals surface area (Å²) in [6.45, 7) is 4.31. The van der Waals surface area contributed by atoms with Gasteiger partial charge in [-0.2, -0.15) is 0 Å². The SMILES string of the molecule is Cc1ccc(S2(c3ccc(C)cc3)c3ccccc3-c3ccc(-c4nc(-c5ccccc5)nc(-c5ccccc5)n4)cc32)cc1. The van der Waals surface area contributed by atoms with Crippen molar-refractivity contribution in [2.24, 2.45) is 0 Å². The molecule has 7 aromatic rings. The van der Waals surface area contributed by atoms with Crippen LogP contribution >= 0.6 is 10.0 Å². The van der Waals surface area contributed by atoms with Crippen molar-refractivity contribution in [3.8, 4) is 45.3 Å². The highest BCUT2D eigenvalue weighted by Crippen LogP contribution is 2.80. The molecule has 0 unspecified atom stereocenters. The van der Waals surface area contributed by atoms with E-state index in [2.05, 4.69) is 129 Å². The lowest BCUT2D eigenvalue weighted by Crippen LogP contribution is -2.03. The molecule has 2 heterocycles. The monoisotopic (exact) mass is 597 g/mol. The van der Waals surface area contributed by atoms with Crippen molar-refractivity contribution in [1.82, 2.24) is 15.0 Å². The van der Waals surface area contributed by atoms with Crippen LogP contribution in [0.3, 0.4) is 0 Å². The summed E-state index contributed by atoms with van der Waals surface area (Å²) in [6, 6.07) is 54.3. The molecular weight excluding hydrogens is 567 g/mol. The van der Waals surface area contributed by atoms with Crippen LogP contribution in [-0.4, -0.2) is 15.0 Å². The van der Waals surface area contributed by atoms with Crippen LogP contribution in [0.4, 0.5) is 0 Å². The van der Waals surface area contributed by atoms with Gasteiger partial charge >= 0.3 is 0 Å². The van der Waals surface area contributed by atoms with Crippen LogP contribution in [0.25, 0.3) is 45.3 Å². The average Bonchev–Trinajstić information content (AvgIpc) is 3.40. The second-order valence-electron chi connectivity index (χ2n) is 11.5. The van der Waals surface area contributed by atoms with Crippen molar-refractivity contribution in [1.29, 1.82) is 0 Å². The molecule has 216 valence electrons. The van der Waals surface area contributed by atoms with Crippen LogP contribution in [0.5, 0.6) is 0 Å². The van der Waals surface area contributed by atoms with Gasteiger partial charge in [-0.15, -0.1) is 10.0 Å². The van der Waals surface area contributed by atoms with E-state index in [9.17, 15) is 0 Å². The Bertz CT molecular complexity index is 2050. The van der Waals surface area contributed by atoms with Crippen LogP contribution in [0.2, 0.25) is 0 Å². The van der Waals surface area contributed by atoms with E-state index >= 15 is 0 Å². The molecule has 0 bridgehead atoms. The van der Waals surface area contributed by atoms with E-state index in [-0.39, 0.29) is 0 Å². The Labute approximate surface area is 265 Å². The second kappa shape index (κ2) is 11.0. The number of hydrogen-bond acceptors (Lipinski definition) is 3. The van der Waals surface area contributed by atoms with E-state index in [1.54, 1.807) is 0 Å². The maximum Gasteiger partial charge on any atom is 0.164 e. The summed E-state index contributed by atoms with van der Waals surface area (Å²) in [5.41, 5.74) is 7.98. The van der Waals surface area contributed by atoms with Gasteiger partial charge in [0.25, 0.3) is 0 Å². The van der Waals surface area contributed by atoms with Gasteiger partial charge in [0.2, 0.25) is 0 Å². The molecule has 1 aliphatic rings. The summed E-state index contributed by atoms with van der Waals surface area (Å²) >= 11 is 0. The van der Waals surface area contributed by atoms with Gasteiger partial charge in [-0.3, -0.25) is 0 Å². The van der Waals surface area contributed by atoms with Crippen molar-refractivity contribution in [3.63, 3.8) is 0 Å². The fourth-order valence-electron chi connectivity index (χ4n) is 6.28. The molecule has 0 aliphatic carbocycles. The molecule has 0 radical (unpaired) electrons. The van der Waals surface area contributed by atoms with Crippen molar-refractivity contribution >= 4 is 10.0 Å². The third-order valence-electron chi connectivity index (χ3n) is 8.53. The topological polar surface area (TPSA) is 38.7 Å². The van der Waals surface area contributed by atoms with E-state index in [4.69, 9.17) is 15.0 Å². The Morgan fingerprint density at radius 1 is 0.378 bits per heavy atom. The quantitative estimate of drug-likeness (QED) is 0.198. The zero-order chi connectivity index (χ0) is 30.4. The van der Waals surface area contributed by atoms with Gasteiger partial charge in [0.15, 0.2) is 17.5 Å². The predicted molar refractivity (Wildman–Crippen MR) is 185 cm³/mol. The van der Waals surface area contributed by atoms with Gasteiger partial charge in [-0.05, 0) is 61.4 Å². The Kier molecular flexibility index (Phi) is 6.66. The molecule has 3 nitrogen and oxygen atoms in total. The molecule has 0 saturated heterocycles. The first-order valence-electron chi connectivity index (χ1n) is 15.2. The molecule has 1 aromatic heterocycles. The molecule has 0 amide bonds. The summed E-state index contributed by atoms with van der Waals surface area (Å²) in [5.74, 6) is 2.00. The normalized spacial score (nSPS) is 13.6. The molecular formula is C41H31N3S. The van der Waals surface area contributed by atoms with Crippen LogP contribution in [-0.2, 0) is 0 Å². The zero-order valence-electron chi connectivity index (χ0n) is 25.2. The molecule has 8 rings (SSSR count). The lowest BCUT2D eigenvalue weighted by atomic mass is 10.0. The van der Waals surface area contributed by atoms with Gasteiger partial charge < -0.3 is 0 Å². The smallest absolute Gasteiger partial charge is 0.164 e. The van der Waals surface area contributed by atoms with E-state index in [1.165, 1.54) is 41.8 Å². The standard InChI is InChI=1S/C41H31N3S/c1-28-17-22-33(23-18-28)45(34-24-19-29(2)20-25-34)37-16-10-9-15-35(37)36-26-21-32(27-38(36)45)41-43-39(30-11-5-3-6-12-30)42-40(44-41)31-13-7-4-8-14-31/h3-27H,1-2H3. The molecule has 1 aliphatic heterocycles. The van der Waals surface area contributed by atoms with Crippen molar-refractivity contribution in [2.45, 2.75) is 33.4 Å². The summed E-state index contributed by atoms with van der Waals surface area (Å²) in [7, 11) is -1.80. The van der Waals surface area contributed by atoms with Crippen LogP contribution in [0.15, 0.2) is 171 Å². The number of hydrogen-bond donors (Lipinski definition) is 0. The maximum atomic E-state index is 5.08. The predicted octanol–water partition coefficient (Wildman–Crippen LogP) is 10.8.